The van der Waals surface area contributed by atoms with Gasteiger partial charge in [0.1, 0.15) is 0 Å². The summed E-state index contributed by atoms with van der Waals surface area (Å²) in [7, 11) is 1.36. The number of methoxy groups -OCH3 is 1. The molecule has 1 aliphatic heterocycles. The molecule has 1 aromatic carbocycles. The van der Waals surface area contributed by atoms with Crippen LogP contribution in [-0.2, 0) is 11.3 Å². The van der Waals surface area contributed by atoms with E-state index in [2.05, 4.69) is 15.0 Å². The second kappa shape index (κ2) is 7.17. The number of para-hydroxylation sites is 1. The monoisotopic (exact) mass is 294 g/mol. The maximum Gasteiger partial charge on any atom is 0.407 e. The highest BCUT2D eigenvalue weighted by Crippen LogP contribution is 2.31. The van der Waals surface area contributed by atoms with E-state index in [9.17, 15) is 9.90 Å². The Bertz CT molecular complexity index is 493. The third kappa shape index (κ3) is 4.01. The molecule has 6 heteroatoms. The number of alkyl carbamates (subject to hydrolysis) is 1. The minimum Gasteiger partial charge on any atom is -0.504 e. The number of aromatic hydroxyl groups is 1. The van der Waals surface area contributed by atoms with Crippen molar-refractivity contribution >= 4 is 6.09 Å². The fourth-order valence-corrected chi connectivity index (χ4v) is 2.53. The standard InChI is InChI=1S/C15H22N2O4/c1-3-21-13-6-4-5-11(14(13)18)9-17-8-7-12(10-17)16-15(19)20-2/h4-6,12,18H,3,7-10H2,1-2H3,(H,16,19). The van der Waals surface area contributed by atoms with Gasteiger partial charge in [-0.1, -0.05) is 12.1 Å². The second-order valence-corrected chi connectivity index (χ2v) is 5.05. The number of nitrogens with zero attached hydrogens (tertiary/aromatic N) is 1. The molecular formula is C15H22N2O4. The third-order valence-electron chi connectivity index (χ3n) is 3.56. The molecule has 0 aliphatic carbocycles. The van der Waals surface area contributed by atoms with Crippen LogP contribution in [-0.4, -0.2) is 48.9 Å². The highest BCUT2D eigenvalue weighted by molar-refractivity contribution is 5.67. The van der Waals surface area contributed by atoms with Gasteiger partial charge in [0, 0.05) is 31.2 Å². The first-order chi connectivity index (χ1) is 10.1. The summed E-state index contributed by atoms with van der Waals surface area (Å²) in [4.78, 5) is 13.4. The Morgan fingerprint density at radius 3 is 3.05 bits per heavy atom. The van der Waals surface area contributed by atoms with Crippen molar-refractivity contribution < 1.29 is 19.4 Å². The normalized spacial score (nSPS) is 18.5. The fourth-order valence-electron chi connectivity index (χ4n) is 2.53. The molecule has 6 nitrogen and oxygen atoms in total. The van der Waals surface area contributed by atoms with Gasteiger partial charge in [0.05, 0.1) is 13.7 Å². The first-order valence-corrected chi connectivity index (χ1v) is 7.14. The van der Waals surface area contributed by atoms with E-state index in [0.717, 1.165) is 25.1 Å². The Hall–Kier alpha value is -1.95. The molecule has 0 saturated carbocycles. The number of amides is 1. The highest BCUT2D eigenvalue weighted by atomic mass is 16.5. The van der Waals surface area contributed by atoms with Crippen molar-refractivity contribution in [2.75, 3.05) is 26.8 Å². The molecule has 2 N–H and O–H groups in total. The molecule has 1 amide bonds. The van der Waals surface area contributed by atoms with Crippen molar-refractivity contribution in [2.45, 2.75) is 25.9 Å². The van der Waals surface area contributed by atoms with Crippen molar-refractivity contribution in [1.82, 2.24) is 10.2 Å². The van der Waals surface area contributed by atoms with E-state index >= 15 is 0 Å². The van der Waals surface area contributed by atoms with Crippen molar-refractivity contribution in [3.8, 4) is 11.5 Å². The van der Waals surface area contributed by atoms with Crippen molar-refractivity contribution in [2.24, 2.45) is 0 Å². The third-order valence-corrected chi connectivity index (χ3v) is 3.56. The van der Waals surface area contributed by atoms with Crippen LogP contribution in [0.2, 0.25) is 0 Å². The molecular weight excluding hydrogens is 272 g/mol. The van der Waals surface area contributed by atoms with Gasteiger partial charge >= 0.3 is 6.09 Å². The first-order valence-electron chi connectivity index (χ1n) is 7.14. The minimum atomic E-state index is -0.400. The topological polar surface area (TPSA) is 71.0 Å². The van der Waals surface area contributed by atoms with E-state index in [4.69, 9.17) is 4.74 Å². The molecule has 116 valence electrons. The van der Waals surface area contributed by atoms with Gasteiger partial charge in [0.15, 0.2) is 11.5 Å². The summed E-state index contributed by atoms with van der Waals surface area (Å²) < 4.78 is 9.99. The van der Waals surface area contributed by atoms with Crippen LogP contribution in [0.5, 0.6) is 11.5 Å². The van der Waals surface area contributed by atoms with Crippen molar-refractivity contribution in [1.29, 1.82) is 0 Å². The number of phenolic OH excluding ortho intramolecular Hbond substituents is 1. The van der Waals surface area contributed by atoms with E-state index < -0.39 is 6.09 Å². The number of hydrogen-bond donors (Lipinski definition) is 2. The number of carbonyl (C=O) groups is 1. The average molecular weight is 294 g/mol. The molecule has 21 heavy (non-hydrogen) atoms. The number of hydrogen-bond acceptors (Lipinski definition) is 5. The molecule has 1 unspecified atom stereocenters. The minimum absolute atomic E-state index is 0.0923. The summed E-state index contributed by atoms with van der Waals surface area (Å²) in [6, 6.07) is 5.61. The lowest BCUT2D eigenvalue weighted by Crippen LogP contribution is -2.36. The van der Waals surface area contributed by atoms with Crippen LogP contribution >= 0.6 is 0 Å². The number of phenols is 1. The molecule has 0 aromatic heterocycles. The predicted octanol–water partition coefficient (Wildman–Crippen LogP) is 1.72. The molecule has 1 aliphatic rings. The lowest BCUT2D eigenvalue weighted by molar-refractivity contribution is 0.166. The number of likely N-dealkylation sites (tertiary alicyclic amines) is 1. The van der Waals surface area contributed by atoms with Gasteiger partial charge in [0.2, 0.25) is 0 Å². The molecule has 1 atom stereocenters. The molecule has 0 bridgehead atoms. The van der Waals surface area contributed by atoms with Crippen LogP contribution in [0.1, 0.15) is 18.9 Å². The zero-order valence-corrected chi connectivity index (χ0v) is 12.5. The summed E-state index contributed by atoms with van der Waals surface area (Å²) in [5.74, 6) is 0.710. The molecule has 0 spiro atoms. The van der Waals surface area contributed by atoms with E-state index in [1.165, 1.54) is 7.11 Å². The fraction of sp³-hybridized carbons (Fsp3) is 0.533. The molecule has 1 aromatic rings. The SMILES string of the molecule is CCOc1cccc(CN2CCC(NC(=O)OC)C2)c1O. The van der Waals surface area contributed by atoms with Crippen LogP contribution < -0.4 is 10.1 Å². The van der Waals surface area contributed by atoms with Crippen LogP contribution in [0.3, 0.4) is 0 Å². The number of benzene rings is 1. The van der Waals surface area contributed by atoms with Gasteiger partial charge in [-0.15, -0.1) is 0 Å². The Labute approximate surface area is 124 Å². The molecule has 1 saturated heterocycles. The van der Waals surface area contributed by atoms with Gasteiger partial charge in [0.25, 0.3) is 0 Å². The first kappa shape index (κ1) is 15.4. The summed E-state index contributed by atoms with van der Waals surface area (Å²) in [5, 5.41) is 13.0. The smallest absolute Gasteiger partial charge is 0.407 e. The number of carbonyl (C=O) groups excluding carboxylic acids is 1. The van der Waals surface area contributed by atoms with E-state index in [0.29, 0.717) is 18.9 Å². The zero-order valence-electron chi connectivity index (χ0n) is 12.5. The van der Waals surface area contributed by atoms with Gasteiger partial charge < -0.3 is 19.9 Å². The number of ether oxygens (including phenoxy) is 2. The van der Waals surface area contributed by atoms with E-state index in [1.807, 2.05) is 19.1 Å². The Morgan fingerprint density at radius 1 is 1.52 bits per heavy atom. The Balaban J connectivity index is 1.94. The van der Waals surface area contributed by atoms with Gasteiger partial charge in [-0.2, -0.15) is 0 Å². The lowest BCUT2D eigenvalue weighted by Gasteiger charge is -2.18. The highest BCUT2D eigenvalue weighted by Gasteiger charge is 2.25. The maximum absolute atomic E-state index is 11.2. The van der Waals surface area contributed by atoms with Gasteiger partial charge in [-0.3, -0.25) is 4.90 Å². The van der Waals surface area contributed by atoms with Crippen molar-refractivity contribution in [3.63, 3.8) is 0 Å². The lowest BCUT2D eigenvalue weighted by atomic mass is 10.1. The maximum atomic E-state index is 11.2. The zero-order chi connectivity index (χ0) is 15.2. The molecule has 1 fully saturated rings. The van der Waals surface area contributed by atoms with E-state index in [1.54, 1.807) is 6.07 Å². The average Bonchev–Trinajstić information content (AvgIpc) is 2.90. The summed E-state index contributed by atoms with van der Waals surface area (Å²) >= 11 is 0. The number of nitrogens with one attached hydrogen (secondary N) is 1. The Kier molecular flexibility index (Phi) is 5.27. The van der Waals surface area contributed by atoms with Gasteiger partial charge in [-0.05, 0) is 19.4 Å². The summed E-state index contributed by atoms with van der Waals surface area (Å²) in [6.07, 6.45) is 0.476. The second-order valence-electron chi connectivity index (χ2n) is 5.05. The molecule has 0 radical (unpaired) electrons. The van der Waals surface area contributed by atoms with Crippen LogP contribution in [0.25, 0.3) is 0 Å². The van der Waals surface area contributed by atoms with Crippen LogP contribution in [0, 0.1) is 0 Å². The van der Waals surface area contributed by atoms with Gasteiger partial charge in [-0.25, -0.2) is 4.79 Å². The van der Waals surface area contributed by atoms with Crippen LogP contribution in [0.4, 0.5) is 4.79 Å². The number of rotatable bonds is 5. The van der Waals surface area contributed by atoms with Crippen molar-refractivity contribution in [3.05, 3.63) is 23.8 Å². The quantitative estimate of drug-likeness (QED) is 0.865. The summed E-state index contributed by atoms with van der Waals surface area (Å²) in [5.41, 5.74) is 0.833. The van der Waals surface area contributed by atoms with E-state index in [-0.39, 0.29) is 11.8 Å². The largest absolute Gasteiger partial charge is 0.504 e. The molecule has 1 heterocycles. The predicted molar refractivity (Wildman–Crippen MR) is 78.5 cm³/mol. The summed E-state index contributed by atoms with van der Waals surface area (Å²) in [6.45, 7) is 4.65. The Morgan fingerprint density at radius 2 is 2.33 bits per heavy atom. The van der Waals surface area contributed by atoms with Crippen LogP contribution in [0.15, 0.2) is 18.2 Å². The molecule has 2 rings (SSSR count).